The summed E-state index contributed by atoms with van der Waals surface area (Å²) in [6.07, 6.45) is 0.875. The Morgan fingerprint density at radius 3 is 2.77 bits per heavy atom. The molecule has 134 valence electrons. The van der Waals surface area contributed by atoms with Crippen molar-refractivity contribution in [2.45, 2.75) is 26.9 Å². The number of rotatable bonds is 6. The Bertz CT molecular complexity index is 920. The van der Waals surface area contributed by atoms with Crippen LogP contribution in [0, 0.1) is 6.92 Å². The van der Waals surface area contributed by atoms with Crippen LogP contribution in [-0.4, -0.2) is 5.91 Å². The van der Waals surface area contributed by atoms with Crippen LogP contribution >= 0.6 is 22.9 Å². The predicted molar refractivity (Wildman–Crippen MR) is 109 cm³/mol. The molecule has 5 heteroatoms. The molecule has 0 spiro atoms. The number of anilines is 1. The third-order valence-electron chi connectivity index (χ3n) is 4.06. The summed E-state index contributed by atoms with van der Waals surface area (Å²) in [5.74, 6) is 0.702. The quantitative estimate of drug-likeness (QED) is 0.556. The van der Waals surface area contributed by atoms with Crippen LogP contribution in [0.15, 0.2) is 53.9 Å². The van der Waals surface area contributed by atoms with Gasteiger partial charge in [-0.15, -0.1) is 11.3 Å². The first kappa shape index (κ1) is 18.5. The molecule has 3 aromatic rings. The van der Waals surface area contributed by atoms with Crippen LogP contribution in [0.2, 0.25) is 5.02 Å². The van der Waals surface area contributed by atoms with Crippen LogP contribution in [0.1, 0.15) is 33.3 Å². The Labute approximate surface area is 162 Å². The first-order valence-corrected chi connectivity index (χ1v) is 9.68. The van der Waals surface area contributed by atoms with Gasteiger partial charge in [0.05, 0.1) is 4.88 Å². The molecule has 1 N–H and O–H groups in total. The number of amides is 1. The van der Waals surface area contributed by atoms with Gasteiger partial charge in [0.15, 0.2) is 0 Å². The molecule has 3 nitrogen and oxygen atoms in total. The molecular weight excluding hydrogens is 366 g/mol. The lowest BCUT2D eigenvalue weighted by atomic mass is 10.1. The molecule has 0 saturated heterocycles. The van der Waals surface area contributed by atoms with Crippen molar-refractivity contribution in [2.24, 2.45) is 0 Å². The average molecular weight is 386 g/mol. The van der Waals surface area contributed by atoms with Crippen LogP contribution in [0.4, 0.5) is 5.69 Å². The normalized spacial score (nSPS) is 10.6. The molecular formula is C21H20ClNO2S. The third-order valence-corrected chi connectivity index (χ3v) is 5.27. The Hall–Kier alpha value is -2.30. The summed E-state index contributed by atoms with van der Waals surface area (Å²) in [6, 6.07) is 15.3. The number of carbonyl (C=O) groups is 1. The minimum atomic E-state index is -0.0928. The Morgan fingerprint density at radius 2 is 2.00 bits per heavy atom. The molecule has 0 aliphatic heterocycles. The average Bonchev–Trinajstić information content (AvgIpc) is 3.10. The standard InChI is InChI=1S/C21H20ClNO2S/c1-3-16-6-4-5-7-18(16)23-21(24)20-11-15(13-26-20)12-25-19-9-8-17(22)10-14(19)2/h4-11,13H,3,12H2,1-2H3,(H,23,24). The number of hydrogen-bond donors (Lipinski definition) is 1. The van der Waals surface area contributed by atoms with E-state index in [1.807, 2.05) is 60.8 Å². The van der Waals surface area contributed by atoms with Crippen molar-refractivity contribution >= 4 is 34.5 Å². The number of ether oxygens (including phenoxy) is 1. The van der Waals surface area contributed by atoms with Gasteiger partial charge in [0, 0.05) is 16.3 Å². The highest BCUT2D eigenvalue weighted by Crippen LogP contribution is 2.24. The highest BCUT2D eigenvalue weighted by Gasteiger charge is 2.12. The minimum Gasteiger partial charge on any atom is -0.489 e. The summed E-state index contributed by atoms with van der Waals surface area (Å²) in [6.45, 7) is 4.45. The van der Waals surface area contributed by atoms with Crippen LogP contribution in [0.25, 0.3) is 0 Å². The van der Waals surface area contributed by atoms with E-state index >= 15 is 0 Å². The molecule has 0 aliphatic rings. The van der Waals surface area contributed by atoms with E-state index in [9.17, 15) is 4.79 Å². The molecule has 0 saturated carbocycles. The fourth-order valence-corrected chi connectivity index (χ4v) is 3.66. The van der Waals surface area contributed by atoms with Crippen molar-refractivity contribution in [1.82, 2.24) is 0 Å². The molecule has 0 radical (unpaired) electrons. The first-order chi connectivity index (χ1) is 12.6. The number of halogens is 1. The minimum absolute atomic E-state index is 0.0928. The summed E-state index contributed by atoms with van der Waals surface area (Å²) in [4.78, 5) is 13.2. The van der Waals surface area contributed by atoms with Gasteiger partial charge in [-0.3, -0.25) is 4.79 Å². The van der Waals surface area contributed by atoms with Gasteiger partial charge in [-0.2, -0.15) is 0 Å². The number of hydrogen-bond acceptors (Lipinski definition) is 3. The maximum atomic E-state index is 12.5. The van der Waals surface area contributed by atoms with Crippen LogP contribution in [0.5, 0.6) is 5.75 Å². The number of carbonyl (C=O) groups excluding carboxylic acids is 1. The molecule has 0 bridgehead atoms. The topological polar surface area (TPSA) is 38.3 Å². The number of benzene rings is 2. The van der Waals surface area contributed by atoms with Crippen molar-refractivity contribution in [3.8, 4) is 5.75 Å². The van der Waals surface area contributed by atoms with Gasteiger partial charge in [0.1, 0.15) is 12.4 Å². The summed E-state index contributed by atoms with van der Waals surface area (Å²) in [5.41, 5.74) is 3.95. The Kier molecular flexibility index (Phi) is 5.96. The van der Waals surface area contributed by atoms with Crippen LogP contribution in [0.3, 0.4) is 0 Å². The van der Waals surface area contributed by atoms with Gasteiger partial charge >= 0.3 is 0 Å². The fraction of sp³-hybridized carbons (Fsp3) is 0.190. The summed E-state index contributed by atoms with van der Waals surface area (Å²) < 4.78 is 5.84. The molecule has 2 aromatic carbocycles. The molecule has 1 heterocycles. The van der Waals surface area contributed by atoms with Crippen molar-refractivity contribution in [1.29, 1.82) is 0 Å². The number of aryl methyl sites for hydroxylation is 2. The van der Waals surface area contributed by atoms with E-state index in [0.29, 0.717) is 16.5 Å². The Morgan fingerprint density at radius 1 is 1.19 bits per heavy atom. The molecule has 3 rings (SSSR count). The summed E-state index contributed by atoms with van der Waals surface area (Å²) in [7, 11) is 0. The number of para-hydroxylation sites is 1. The molecule has 1 aromatic heterocycles. The van der Waals surface area contributed by atoms with E-state index in [2.05, 4.69) is 12.2 Å². The van der Waals surface area contributed by atoms with E-state index < -0.39 is 0 Å². The highest BCUT2D eigenvalue weighted by atomic mass is 35.5. The lowest BCUT2D eigenvalue weighted by Gasteiger charge is -2.09. The van der Waals surface area contributed by atoms with E-state index in [1.54, 1.807) is 0 Å². The van der Waals surface area contributed by atoms with Gasteiger partial charge in [-0.1, -0.05) is 36.7 Å². The monoisotopic (exact) mass is 385 g/mol. The molecule has 26 heavy (non-hydrogen) atoms. The van der Waals surface area contributed by atoms with Crippen molar-refractivity contribution < 1.29 is 9.53 Å². The number of thiophene rings is 1. The van der Waals surface area contributed by atoms with Gasteiger partial charge in [0.25, 0.3) is 5.91 Å². The predicted octanol–water partition coefficient (Wildman–Crippen LogP) is 6.10. The SMILES string of the molecule is CCc1ccccc1NC(=O)c1cc(COc2ccc(Cl)cc2C)cs1. The molecule has 0 fully saturated rings. The number of nitrogens with one attached hydrogen (secondary N) is 1. The zero-order valence-corrected chi connectivity index (χ0v) is 16.3. The maximum Gasteiger partial charge on any atom is 0.265 e. The van der Waals surface area contributed by atoms with Crippen LogP contribution < -0.4 is 10.1 Å². The largest absolute Gasteiger partial charge is 0.489 e. The van der Waals surface area contributed by atoms with Crippen molar-refractivity contribution in [2.75, 3.05) is 5.32 Å². The zero-order valence-electron chi connectivity index (χ0n) is 14.7. The van der Waals surface area contributed by atoms with E-state index in [-0.39, 0.29) is 5.91 Å². The first-order valence-electron chi connectivity index (χ1n) is 8.42. The summed E-state index contributed by atoms with van der Waals surface area (Å²) in [5, 5.41) is 5.64. The van der Waals surface area contributed by atoms with E-state index in [1.165, 1.54) is 11.3 Å². The molecule has 1 amide bonds. The van der Waals surface area contributed by atoms with Gasteiger partial charge in [-0.05, 0) is 60.2 Å². The van der Waals surface area contributed by atoms with Gasteiger partial charge in [0.2, 0.25) is 0 Å². The second-order valence-corrected chi connectivity index (χ2v) is 7.33. The summed E-state index contributed by atoms with van der Waals surface area (Å²) >= 11 is 7.38. The second-order valence-electron chi connectivity index (χ2n) is 5.98. The fourth-order valence-electron chi connectivity index (χ4n) is 2.64. The molecule has 0 atom stereocenters. The second kappa shape index (κ2) is 8.39. The maximum absolute atomic E-state index is 12.5. The molecule has 0 aliphatic carbocycles. The highest BCUT2D eigenvalue weighted by molar-refractivity contribution is 7.12. The third kappa shape index (κ3) is 4.45. The lowest BCUT2D eigenvalue weighted by Crippen LogP contribution is -2.11. The molecule has 0 unspecified atom stereocenters. The van der Waals surface area contributed by atoms with Crippen LogP contribution in [-0.2, 0) is 13.0 Å². The zero-order chi connectivity index (χ0) is 18.5. The van der Waals surface area contributed by atoms with Crippen molar-refractivity contribution in [3.63, 3.8) is 0 Å². The van der Waals surface area contributed by atoms with E-state index in [4.69, 9.17) is 16.3 Å². The smallest absolute Gasteiger partial charge is 0.265 e. The van der Waals surface area contributed by atoms with Gasteiger partial charge in [-0.25, -0.2) is 0 Å². The lowest BCUT2D eigenvalue weighted by molar-refractivity contribution is 0.103. The van der Waals surface area contributed by atoms with Gasteiger partial charge < -0.3 is 10.1 Å². The van der Waals surface area contributed by atoms with Crippen molar-refractivity contribution in [3.05, 3.63) is 80.5 Å². The van der Waals surface area contributed by atoms with E-state index in [0.717, 1.165) is 34.5 Å². The Balaban J connectivity index is 1.64.